The predicted molar refractivity (Wildman–Crippen MR) is 115 cm³/mol. The summed E-state index contributed by atoms with van der Waals surface area (Å²) in [5, 5.41) is 0. The van der Waals surface area contributed by atoms with E-state index in [4.69, 9.17) is 14.2 Å². The van der Waals surface area contributed by atoms with Gasteiger partial charge in [-0.15, -0.1) is 0 Å². The van der Waals surface area contributed by atoms with E-state index in [1.165, 1.54) is 28.6 Å². The Morgan fingerprint density at radius 2 is 1.59 bits per heavy atom. The smallest absolute Gasteiger partial charge is 0.338 e. The van der Waals surface area contributed by atoms with E-state index in [0.717, 1.165) is 6.42 Å². The summed E-state index contributed by atoms with van der Waals surface area (Å²) >= 11 is 0. The van der Waals surface area contributed by atoms with Crippen molar-refractivity contribution < 1.29 is 32.2 Å². The molecule has 1 saturated heterocycles. The van der Waals surface area contributed by atoms with Gasteiger partial charge in [-0.05, 0) is 60.7 Å². The number of benzene rings is 2. The SMILES string of the molecule is C[C@H]1C[C@H](C)CN(S(=O)(=O)c2ccc(C(=O)OCC(=O)c3ccc4c(c3)OCO4)cc2)C1. The van der Waals surface area contributed by atoms with Gasteiger partial charge in [0.25, 0.3) is 0 Å². The Balaban J connectivity index is 1.38. The van der Waals surface area contributed by atoms with Crippen molar-refractivity contribution in [3.8, 4) is 11.5 Å². The second-order valence-electron chi connectivity index (χ2n) is 8.36. The Kier molecular flexibility index (Phi) is 6.21. The maximum absolute atomic E-state index is 13.0. The zero-order valence-corrected chi connectivity index (χ0v) is 18.8. The highest BCUT2D eigenvalue weighted by Crippen LogP contribution is 2.32. The van der Waals surface area contributed by atoms with E-state index in [0.29, 0.717) is 42.0 Å². The maximum atomic E-state index is 13.0. The Bertz CT molecular complexity index is 1120. The molecule has 0 aromatic heterocycles. The third-order valence-electron chi connectivity index (χ3n) is 5.59. The van der Waals surface area contributed by atoms with Crippen molar-refractivity contribution in [2.75, 3.05) is 26.5 Å². The summed E-state index contributed by atoms with van der Waals surface area (Å²) in [6, 6.07) is 10.3. The van der Waals surface area contributed by atoms with Crippen LogP contribution in [0.3, 0.4) is 0 Å². The van der Waals surface area contributed by atoms with Crippen molar-refractivity contribution in [3.05, 3.63) is 53.6 Å². The van der Waals surface area contributed by atoms with Gasteiger partial charge >= 0.3 is 5.97 Å². The first-order valence-electron chi connectivity index (χ1n) is 10.4. The van der Waals surface area contributed by atoms with Crippen LogP contribution in [0.25, 0.3) is 0 Å². The normalized spacial score (nSPS) is 20.7. The average Bonchev–Trinajstić information content (AvgIpc) is 3.24. The van der Waals surface area contributed by atoms with E-state index < -0.39 is 22.6 Å². The van der Waals surface area contributed by atoms with Crippen molar-refractivity contribution >= 4 is 21.8 Å². The van der Waals surface area contributed by atoms with E-state index in [9.17, 15) is 18.0 Å². The highest BCUT2D eigenvalue weighted by molar-refractivity contribution is 7.89. The Morgan fingerprint density at radius 1 is 0.969 bits per heavy atom. The molecule has 2 aromatic carbocycles. The molecule has 2 aliphatic rings. The lowest BCUT2D eigenvalue weighted by Crippen LogP contribution is -2.42. The lowest BCUT2D eigenvalue weighted by atomic mass is 9.94. The lowest BCUT2D eigenvalue weighted by molar-refractivity contribution is 0.0474. The molecular weight excluding hydrogens is 434 g/mol. The molecule has 170 valence electrons. The molecule has 0 amide bonds. The number of fused-ring (bicyclic) bond motifs is 1. The van der Waals surface area contributed by atoms with Crippen LogP contribution in [-0.2, 0) is 14.8 Å². The molecule has 0 spiro atoms. The third kappa shape index (κ3) is 4.63. The molecule has 32 heavy (non-hydrogen) atoms. The largest absolute Gasteiger partial charge is 0.454 e. The molecule has 0 N–H and O–H groups in total. The highest BCUT2D eigenvalue weighted by atomic mass is 32.2. The van der Waals surface area contributed by atoms with Gasteiger partial charge in [-0.3, -0.25) is 4.79 Å². The summed E-state index contributed by atoms with van der Waals surface area (Å²) in [7, 11) is -3.63. The van der Waals surface area contributed by atoms with E-state index in [2.05, 4.69) is 0 Å². The molecule has 2 aliphatic heterocycles. The van der Waals surface area contributed by atoms with E-state index >= 15 is 0 Å². The number of sulfonamides is 1. The summed E-state index contributed by atoms with van der Waals surface area (Å²) < 4.78 is 43.0. The van der Waals surface area contributed by atoms with Gasteiger partial charge in [0.1, 0.15) is 0 Å². The fourth-order valence-corrected chi connectivity index (χ4v) is 5.76. The van der Waals surface area contributed by atoms with Gasteiger partial charge in [-0.2, -0.15) is 4.31 Å². The quantitative estimate of drug-likeness (QED) is 0.483. The number of Topliss-reactive ketones (excluding diaryl/α,β-unsaturated/α-hetero) is 1. The first-order chi connectivity index (χ1) is 15.2. The fraction of sp³-hybridized carbons (Fsp3) is 0.391. The number of carbonyl (C=O) groups excluding carboxylic acids is 2. The molecule has 0 aliphatic carbocycles. The molecule has 4 rings (SSSR count). The van der Waals surface area contributed by atoms with Crippen LogP contribution in [0.15, 0.2) is 47.4 Å². The van der Waals surface area contributed by atoms with Gasteiger partial charge in [0, 0.05) is 18.7 Å². The van der Waals surface area contributed by atoms with E-state index in [-0.39, 0.29) is 23.0 Å². The number of carbonyl (C=O) groups is 2. The topological polar surface area (TPSA) is 99.2 Å². The zero-order valence-electron chi connectivity index (χ0n) is 17.9. The first-order valence-corrected chi connectivity index (χ1v) is 11.9. The summed E-state index contributed by atoms with van der Waals surface area (Å²) in [6.07, 6.45) is 1.00. The van der Waals surface area contributed by atoms with Gasteiger partial charge in [-0.1, -0.05) is 13.8 Å². The minimum absolute atomic E-state index is 0.101. The minimum atomic E-state index is -3.63. The van der Waals surface area contributed by atoms with Gasteiger partial charge in [-0.25, -0.2) is 13.2 Å². The molecule has 8 nitrogen and oxygen atoms in total. The van der Waals surface area contributed by atoms with Gasteiger partial charge in [0.2, 0.25) is 16.8 Å². The van der Waals surface area contributed by atoms with Crippen molar-refractivity contribution in [1.29, 1.82) is 0 Å². The van der Waals surface area contributed by atoms with Crippen LogP contribution in [-0.4, -0.2) is 51.0 Å². The number of hydrogen-bond acceptors (Lipinski definition) is 7. The number of ether oxygens (including phenoxy) is 3. The van der Waals surface area contributed by atoms with Crippen molar-refractivity contribution in [2.24, 2.45) is 11.8 Å². The molecule has 0 radical (unpaired) electrons. The summed E-state index contributed by atoms with van der Waals surface area (Å²) in [4.78, 5) is 24.8. The number of esters is 1. The first kappa shape index (κ1) is 22.3. The average molecular weight is 460 g/mol. The van der Waals surface area contributed by atoms with Crippen molar-refractivity contribution in [1.82, 2.24) is 4.31 Å². The summed E-state index contributed by atoms with van der Waals surface area (Å²) in [5.41, 5.74) is 0.510. The van der Waals surface area contributed by atoms with E-state index in [1.807, 2.05) is 13.8 Å². The molecule has 0 saturated carbocycles. The molecule has 2 heterocycles. The Hall–Kier alpha value is -2.91. The minimum Gasteiger partial charge on any atom is -0.454 e. The second kappa shape index (κ2) is 8.91. The van der Waals surface area contributed by atoms with Crippen LogP contribution in [0.1, 0.15) is 41.0 Å². The predicted octanol–water partition coefficient (Wildman–Crippen LogP) is 3.12. The number of rotatable bonds is 6. The Labute approximate surface area is 187 Å². The summed E-state index contributed by atoms with van der Waals surface area (Å²) in [5.74, 6) is 0.529. The fourth-order valence-electron chi connectivity index (χ4n) is 4.08. The van der Waals surface area contributed by atoms with Crippen LogP contribution >= 0.6 is 0 Å². The van der Waals surface area contributed by atoms with Crippen LogP contribution < -0.4 is 9.47 Å². The lowest BCUT2D eigenvalue weighted by Gasteiger charge is -2.34. The van der Waals surface area contributed by atoms with Crippen molar-refractivity contribution in [3.63, 3.8) is 0 Å². The molecule has 2 aromatic rings. The molecule has 2 atom stereocenters. The van der Waals surface area contributed by atoms with Crippen LogP contribution in [0.2, 0.25) is 0 Å². The van der Waals surface area contributed by atoms with Crippen LogP contribution in [0, 0.1) is 11.8 Å². The van der Waals surface area contributed by atoms with Crippen LogP contribution in [0.5, 0.6) is 11.5 Å². The number of piperidine rings is 1. The third-order valence-corrected chi connectivity index (χ3v) is 7.44. The van der Waals surface area contributed by atoms with Crippen molar-refractivity contribution in [2.45, 2.75) is 25.2 Å². The molecule has 9 heteroatoms. The van der Waals surface area contributed by atoms with E-state index in [1.54, 1.807) is 18.2 Å². The maximum Gasteiger partial charge on any atom is 0.338 e. The number of ketones is 1. The molecular formula is C23H25NO7S. The van der Waals surface area contributed by atoms with Gasteiger partial charge in [0.05, 0.1) is 10.5 Å². The van der Waals surface area contributed by atoms with Gasteiger partial charge < -0.3 is 14.2 Å². The standard InChI is InChI=1S/C23H25NO7S/c1-15-9-16(2)12-24(11-15)32(27,28)19-6-3-17(4-7-19)23(26)29-13-20(25)18-5-8-21-22(10-18)31-14-30-21/h3-8,10,15-16H,9,11-14H2,1-2H3/t15-,16-/m0/s1. The molecule has 0 bridgehead atoms. The Morgan fingerprint density at radius 3 is 2.28 bits per heavy atom. The number of hydrogen-bond donors (Lipinski definition) is 0. The second-order valence-corrected chi connectivity index (χ2v) is 10.3. The van der Waals surface area contributed by atoms with Gasteiger partial charge in [0.15, 0.2) is 23.9 Å². The summed E-state index contributed by atoms with van der Waals surface area (Å²) in [6.45, 7) is 4.72. The number of nitrogens with zero attached hydrogens (tertiary/aromatic N) is 1. The monoisotopic (exact) mass is 459 g/mol. The molecule has 1 fully saturated rings. The highest BCUT2D eigenvalue weighted by Gasteiger charge is 2.31. The molecule has 0 unspecified atom stereocenters. The zero-order chi connectivity index (χ0) is 22.9. The van der Waals surface area contributed by atoms with Crippen LogP contribution in [0.4, 0.5) is 0 Å².